The second kappa shape index (κ2) is 15.7. The fourth-order valence-corrected chi connectivity index (χ4v) is 7.39. The van der Waals surface area contributed by atoms with E-state index in [2.05, 4.69) is 0 Å². The van der Waals surface area contributed by atoms with Crippen molar-refractivity contribution in [2.75, 3.05) is 0 Å². The second-order valence-electron chi connectivity index (χ2n) is 14.7. The van der Waals surface area contributed by atoms with Gasteiger partial charge in [0.25, 0.3) is 6.29 Å². The predicted octanol–water partition coefficient (Wildman–Crippen LogP) is 4.24. The van der Waals surface area contributed by atoms with Gasteiger partial charge < -0.3 is 105 Å². The van der Waals surface area contributed by atoms with Gasteiger partial charge in [0.15, 0.2) is 81.2 Å². The summed E-state index contributed by atoms with van der Waals surface area (Å²) in [6, 6.07) is 7.78. The normalized spacial score (nSPS) is 17.3. The van der Waals surface area contributed by atoms with Crippen LogP contribution in [0, 0.1) is 0 Å². The average molecular weight is 917 g/mol. The van der Waals surface area contributed by atoms with E-state index in [1.807, 2.05) is 0 Å². The molecule has 23 nitrogen and oxygen atoms in total. The van der Waals surface area contributed by atoms with Crippen molar-refractivity contribution in [1.29, 1.82) is 0 Å². The molecule has 0 aromatic heterocycles. The van der Waals surface area contributed by atoms with Crippen LogP contribution in [-0.4, -0.2) is 106 Å². The minimum atomic E-state index is -2.23. The monoisotopic (exact) mass is 916 g/mol. The number of hydrogen-bond acceptors (Lipinski definition) is 23. The maximum Gasteiger partial charge on any atom is 0.341 e. The zero-order chi connectivity index (χ0) is 47.8. The number of hydrogen-bond donors (Lipinski definition) is 16. The van der Waals surface area contributed by atoms with E-state index >= 15 is 0 Å². The summed E-state index contributed by atoms with van der Waals surface area (Å²) >= 11 is 0. The van der Waals surface area contributed by atoms with Crippen LogP contribution in [0.25, 0.3) is 11.1 Å². The number of phenols is 16. The minimum Gasteiger partial charge on any atom is -0.508 e. The highest BCUT2D eigenvalue weighted by atomic mass is 16.7. The van der Waals surface area contributed by atoms with Crippen LogP contribution in [0.2, 0.25) is 0 Å². The highest BCUT2D eigenvalue weighted by molar-refractivity contribution is 5.93. The summed E-state index contributed by atoms with van der Waals surface area (Å²) in [7, 11) is 0. The molecule has 0 bridgehead atoms. The zero-order valence-electron chi connectivity index (χ0n) is 32.8. The van der Waals surface area contributed by atoms with E-state index in [4.69, 9.17) is 23.7 Å². The van der Waals surface area contributed by atoms with Crippen LogP contribution in [0.1, 0.15) is 49.6 Å². The SMILES string of the molecule is O=C(O[C@@H]1Oc2c(O)cc(O)cc2O[C@@H]1c1cc(O)c(O)c(O)c1-c1c([C@H]2Oc3cc(O)cc(O)c3C[C@H]2OC(=O)c2cc(O)c(O)c(O)c2)cc(O)c(O)c1O)c1cc(O)c(O)c(O)c1. The molecule has 6 aromatic rings. The van der Waals surface area contributed by atoms with E-state index in [-0.39, 0.29) is 11.3 Å². The Morgan fingerprint density at radius 2 is 0.848 bits per heavy atom. The Labute approximate surface area is 366 Å². The molecule has 2 aliphatic heterocycles. The van der Waals surface area contributed by atoms with Crippen LogP contribution in [0.5, 0.6) is 109 Å². The van der Waals surface area contributed by atoms with Gasteiger partial charge in [0, 0.05) is 58.5 Å². The predicted molar refractivity (Wildman–Crippen MR) is 214 cm³/mol. The molecule has 6 aromatic carbocycles. The molecule has 66 heavy (non-hydrogen) atoms. The summed E-state index contributed by atoms with van der Waals surface area (Å²) in [6.07, 6.45) is -8.52. The number of rotatable bonds is 7. The molecule has 16 N–H and O–H groups in total. The van der Waals surface area contributed by atoms with Crippen molar-refractivity contribution in [1.82, 2.24) is 0 Å². The van der Waals surface area contributed by atoms with E-state index in [0.29, 0.717) is 30.3 Å². The first-order valence-corrected chi connectivity index (χ1v) is 18.7. The van der Waals surface area contributed by atoms with Crippen molar-refractivity contribution in [3.8, 4) is 120 Å². The van der Waals surface area contributed by atoms with Crippen molar-refractivity contribution >= 4 is 11.9 Å². The molecule has 0 fully saturated rings. The number of ether oxygens (including phenoxy) is 5. The lowest BCUT2D eigenvalue weighted by atomic mass is 9.84. The Morgan fingerprint density at radius 3 is 1.36 bits per heavy atom. The molecule has 0 spiro atoms. The first kappa shape index (κ1) is 43.1. The number of aromatic hydroxyl groups is 16. The van der Waals surface area contributed by atoms with Gasteiger partial charge in [-0.15, -0.1) is 0 Å². The largest absolute Gasteiger partial charge is 0.508 e. The van der Waals surface area contributed by atoms with Crippen molar-refractivity contribution in [2.45, 2.75) is 31.0 Å². The van der Waals surface area contributed by atoms with Crippen LogP contribution in [0.3, 0.4) is 0 Å². The summed E-state index contributed by atoms with van der Waals surface area (Å²) in [6.45, 7) is 0. The molecule has 342 valence electrons. The highest BCUT2D eigenvalue weighted by Gasteiger charge is 2.45. The van der Waals surface area contributed by atoms with Gasteiger partial charge in [-0.05, 0) is 36.4 Å². The molecule has 23 heteroatoms. The molecule has 0 aliphatic carbocycles. The van der Waals surface area contributed by atoms with Crippen LogP contribution < -0.4 is 14.2 Å². The minimum absolute atomic E-state index is 0.101. The summed E-state index contributed by atoms with van der Waals surface area (Å²) < 4.78 is 29.2. The van der Waals surface area contributed by atoms with Crippen molar-refractivity contribution in [3.05, 3.63) is 88.5 Å². The number of fused-ring (bicyclic) bond motifs is 2. The van der Waals surface area contributed by atoms with Crippen molar-refractivity contribution in [2.24, 2.45) is 0 Å². The van der Waals surface area contributed by atoms with Gasteiger partial charge >= 0.3 is 11.9 Å². The van der Waals surface area contributed by atoms with Gasteiger partial charge in [-0.1, -0.05) is 0 Å². The van der Waals surface area contributed by atoms with E-state index < -0.39 is 180 Å². The van der Waals surface area contributed by atoms with Gasteiger partial charge in [0.1, 0.15) is 29.1 Å². The molecular formula is C43H32O23. The molecule has 0 saturated heterocycles. The molecule has 0 radical (unpaired) electrons. The van der Waals surface area contributed by atoms with E-state index in [9.17, 15) is 91.3 Å². The Bertz CT molecular complexity index is 2790. The molecule has 2 aliphatic rings. The third-order valence-corrected chi connectivity index (χ3v) is 10.4. The maximum atomic E-state index is 13.7. The summed E-state index contributed by atoms with van der Waals surface area (Å²) in [4.78, 5) is 27.2. The Morgan fingerprint density at radius 1 is 0.424 bits per heavy atom. The first-order valence-electron chi connectivity index (χ1n) is 18.7. The highest BCUT2D eigenvalue weighted by Crippen LogP contribution is 2.58. The van der Waals surface area contributed by atoms with Gasteiger partial charge in [0.05, 0.1) is 11.1 Å². The van der Waals surface area contributed by atoms with Gasteiger partial charge in [-0.25, -0.2) is 9.59 Å². The van der Waals surface area contributed by atoms with E-state index in [0.717, 1.165) is 30.3 Å². The number of esters is 2. The lowest BCUT2D eigenvalue weighted by molar-refractivity contribution is -0.125. The zero-order valence-corrected chi connectivity index (χ0v) is 32.8. The third-order valence-electron chi connectivity index (χ3n) is 10.4. The number of carbonyl (C=O) groups excluding carboxylic acids is 2. The molecule has 0 unspecified atom stereocenters. The van der Waals surface area contributed by atoms with Crippen LogP contribution >= 0.6 is 0 Å². The maximum absolute atomic E-state index is 13.7. The lowest BCUT2D eigenvalue weighted by Crippen LogP contribution is -2.37. The topological polar surface area (TPSA) is 404 Å². The standard InChI is InChI=1S/C43H32O23/c44-14-5-19(46)16-11-29(64-41(60)12-1-20(47)32(54)21(48)2-12)38(62-27(16)7-14)17-9-24(51)34(56)36(58)30(17)31-18(10-25(52)35(57)37(31)59)39-43(65-40-26(53)6-15(45)8-28(40)63-39)66-42(61)13-3-22(49)33(55)23(50)4-13/h1-10,29,38-39,43-59H,11H2/t29-,38-,39-,43+/m1/s1. The lowest BCUT2D eigenvalue weighted by Gasteiger charge is -2.36. The second-order valence-corrected chi connectivity index (χ2v) is 14.7. The quantitative estimate of drug-likeness (QED) is 0.0786. The third kappa shape index (κ3) is 7.26. The molecule has 4 atom stereocenters. The van der Waals surface area contributed by atoms with Gasteiger partial charge in [-0.3, -0.25) is 0 Å². The van der Waals surface area contributed by atoms with Gasteiger partial charge in [0.2, 0.25) is 17.2 Å². The number of benzene rings is 6. The van der Waals surface area contributed by atoms with Crippen LogP contribution in [0.15, 0.2) is 60.7 Å². The van der Waals surface area contributed by atoms with Crippen molar-refractivity contribution < 1.29 is 115 Å². The average Bonchev–Trinajstić information content (AvgIpc) is 3.25. The van der Waals surface area contributed by atoms with E-state index in [1.54, 1.807) is 0 Å². The van der Waals surface area contributed by atoms with Crippen molar-refractivity contribution in [3.63, 3.8) is 0 Å². The summed E-state index contributed by atoms with van der Waals surface area (Å²) in [5, 5.41) is 170. The Balaban J connectivity index is 1.34. The molecule has 8 rings (SSSR count). The number of phenolic OH excluding ortho intramolecular Hbond substituents is 16. The molecule has 2 heterocycles. The van der Waals surface area contributed by atoms with Crippen LogP contribution in [0.4, 0.5) is 0 Å². The fourth-order valence-electron chi connectivity index (χ4n) is 7.39. The smallest absolute Gasteiger partial charge is 0.341 e. The number of carbonyl (C=O) groups is 2. The summed E-state index contributed by atoms with van der Waals surface area (Å²) in [5.41, 5.74) is -4.26. The molecule has 0 amide bonds. The Hall–Kier alpha value is -9.54. The first-order chi connectivity index (χ1) is 31.1. The molecule has 0 saturated carbocycles. The van der Waals surface area contributed by atoms with E-state index in [1.165, 1.54) is 0 Å². The molecular weight excluding hydrogens is 884 g/mol. The summed E-state index contributed by atoms with van der Waals surface area (Å²) in [5.74, 6) is -20.2. The van der Waals surface area contributed by atoms with Gasteiger partial charge in [-0.2, -0.15) is 0 Å². The Kier molecular flexibility index (Phi) is 10.2. The fraction of sp³-hybridized carbons (Fsp3) is 0.116. The van der Waals surface area contributed by atoms with Crippen LogP contribution in [-0.2, 0) is 15.9 Å².